The molecule has 0 saturated carbocycles. The average molecular weight is 354 g/mol. The van der Waals surface area contributed by atoms with Crippen molar-refractivity contribution in [2.75, 3.05) is 5.73 Å². The smallest absolute Gasteiger partial charge is 0.199 e. The van der Waals surface area contributed by atoms with Crippen LogP contribution in [0.2, 0.25) is 0 Å². The topological polar surface area (TPSA) is 125 Å². The number of anilines is 1. The van der Waals surface area contributed by atoms with Gasteiger partial charge in [0.15, 0.2) is 17.3 Å². The van der Waals surface area contributed by atoms with Gasteiger partial charge in [-0.15, -0.1) is 5.10 Å². The third-order valence-corrected chi connectivity index (χ3v) is 3.34. The molecule has 9 heteroatoms. The van der Waals surface area contributed by atoms with Gasteiger partial charge in [-0.3, -0.25) is 0 Å². The van der Waals surface area contributed by atoms with E-state index in [2.05, 4.69) is 25.1 Å². The molecule has 2 aromatic carbocycles. The van der Waals surface area contributed by atoms with E-state index in [1.54, 1.807) is 42.5 Å². The number of ether oxygens (including phenoxy) is 1. The van der Waals surface area contributed by atoms with Crippen molar-refractivity contribution in [1.82, 2.24) is 10.3 Å². The fourth-order valence-corrected chi connectivity index (χ4v) is 2.04. The molecule has 0 unspecified atom stereocenters. The number of nitrogens with zero attached hydrogens (tertiary/aromatic N) is 4. The molecule has 4 N–H and O–H groups in total. The van der Waals surface area contributed by atoms with E-state index in [9.17, 15) is 4.39 Å². The molecule has 132 valence electrons. The van der Waals surface area contributed by atoms with Crippen LogP contribution in [0.5, 0.6) is 5.75 Å². The van der Waals surface area contributed by atoms with Crippen molar-refractivity contribution in [3.05, 3.63) is 71.2 Å². The third-order valence-electron chi connectivity index (χ3n) is 3.34. The highest BCUT2D eigenvalue weighted by atomic mass is 19.1. The summed E-state index contributed by atoms with van der Waals surface area (Å²) in [6.45, 7) is 0.122. The van der Waals surface area contributed by atoms with Crippen LogP contribution >= 0.6 is 0 Å². The van der Waals surface area contributed by atoms with Crippen LogP contribution in [0.25, 0.3) is 0 Å². The fourth-order valence-electron chi connectivity index (χ4n) is 2.04. The Morgan fingerprint density at radius 1 is 1.19 bits per heavy atom. The van der Waals surface area contributed by atoms with Gasteiger partial charge in [-0.1, -0.05) is 30.3 Å². The van der Waals surface area contributed by atoms with Gasteiger partial charge in [-0.05, 0) is 34.1 Å². The average Bonchev–Trinajstić information content (AvgIpc) is 3.07. The predicted molar refractivity (Wildman–Crippen MR) is 94.2 cm³/mol. The highest BCUT2D eigenvalue weighted by Gasteiger charge is 2.09. The lowest BCUT2D eigenvalue weighted by atomic mass is 10.2. The number of amidine groups is 1. The Labute approximate surface area is 147 Å². The lowest BCUT2D eigenvalue weighted by molar-refractivity contribution is 0.300. The molecule has 0 aliphatic carbocycles. The van der Waals surface area contributed by atoms with Gasteiger partial charge in [-0.2, -0.15) is 5.10 Å². The predicted octanol–water partition coefficient (Wildman–Crippen LogP) is 2.11. The number of halogens is 1. The Balaban J connectivity index is 1.65. The molecule has 26 heavy (non-hydrogen) atoms. The zero-order valence-electron chi connectivity index (χ0n) is 13.5. The van der Waals surface area contributed by atoms with E-state index >= 15 is 0 Å². The molecule has 0 aliphatic heterocycles. The molecule has 1 heterocycles. The van der Waals surface area contributed by atoms with Crippen LogP contribution in [0.3, 0.4) is 0 Å². The van der Waals surface area contributed by atoms with E-state index in [0.717, 1.165) is 5.56 Å². The monoisotopic (exact) mass is 354 g/mol. The van der Waals surface area contributed by atoms with Crippen LogP contribution in [0, 0.1) is 5.82 Å². The minimum absolute atomic E-state index is 0.0213. The Morgan fingerprint density at radius 3 is 2.81 bits per heavy atom. The van der Waals surface area contributed by atoms with E-state index in [0.29, 0.717) is 11.3 Å². The molecule has 0 amide bonds. The first-order valence-corrected chi connectivity index (χ1v) is 7.54. The van der Waals surface area contributed by atoms with Crippen LogP contribution in [0.4, 0.5) is 10.2 Å². The molecule has 0 atom stereocenters. The van der Waals surface area contributed by atoms with Crippen molar-refractivity contribution in [1.29, 1.82) is 0 Å². The largest absolute Gasteiger partial charge is 0.489 e. The van der Waals surface area contributed by atoms with Gasteiger partial charge in [0.1, 0.15) is 18.2 Å². The van der Waals surface area contributed by atoms with Crippen molar-refractivity contribution in [2.45, 2.75) is 6.61 Å². The Bertz CT molecular complexity index is 954. The van der Waals surface area contributed by atoms with Gasteiger partial charge in [0.25, 0.3) is 0 Å². The van der Waals surface area contributed by atoms with Crippen molar-refractivity contribution in [3.8, 4) is 5.75 Å². The van der Waals surface area contributed by atoms with Crippen LogP contribution in [0.1, 0.15) is 16.8 Å². The minimum Gasteiger partial charge on any atom is -0.489 e. The lowest BCUT2D eigenvalue weighted by Gasteiger charge is -2.07. The van der Waals surface area contributed by atoms with Crippen LogP contribution in [0.15, 0.2) is 63.4 Å². The van der Waals surface area contributed by atoms with Crippen molar-refractivity contribution in [2.24, 2.45) is 15.9 Å². The lowest BCUT2D eigenvalue weighted by Crippen LogP contribution is -2.15. The highest BCUT2D eigenvalue weighted by Crippen LogP contribution is 2.15. The summed E-state index contributed by atoms with van der Waals surface area (Å²) < 4.78 is 23.6. The maximum absolute atomic E-state index is 13.6. The van der Waals surface area contributed by atoms with Gasteiger partial charge in [0.2, 0.25) is 0 Å². The standard InChI is InChI=1S/C17H15FN6O2/c18-14-7-2-1-5-12(14)10-25-13-6-3-4-11(8-13)9-21-22-16(19)15-17(20)24-26-23-15/h1-9H,10H2,(H2,19,22)(H2,20,24)/b21-9+. The van der Waals surface area contributed by atoms with Crippen molar-refractivity contribution < 1.29 is 13.8 Å². The Morgan fingerprint density at radius 2 is 2.04 bits per heavy atom. The Kier molecular flexibility index (Phi) is 5.18. The van der Waals surface area contributed by atoms with E-state index in [4.69, 9.17) is 16.2 Å². The van der Waals surface area contributed by atoms with E-state index < -0.39 is 0 Å². The first-order chi connectivity index (χ1) is 12.6. The number of nitrogen functional groups attached to an aromatic ring is 1. The molecule has 0 radical (unpaired) electrons. The van der Waals surface area contributed by atoms with Crippen LogP contribution in [-0.2, 0) is 6.61 Å². The van der Waals surface area contributed by atoms with E-state index in [1.807, 2.05) is 0 Å². The fraction of sp³-hybridized carbons (Fsp3) is 0.0588. The quantitative estimate of drug-likeness (QED) is 0.397. The zero-order chi connectivity index (χ0) is 18.4. The first-order valence-electron chi connectivity index (χ1n) is 7.54. The van der Waals surface area contributed by atoms with Gasteiger partial charge in [0, 0.05) is 5.56 Å². The molecule has 0 saturated heterocycles. The summed E-state index contributed by atoms with van der Waals surface area (Å²) in [6.07, 6.45) is 1.48. The molecular formula is C17H15FN6O2. The highest BCUT2D eigenvalue weighted by molar-refractivity contribution is 5.99. The normalized spacial score (nSPS) is 11.8. The summed E-state index contributed by atoms with van der Waals surface area (Å²) in [6, 6.07) is 13.5. The second-order valence-electron chi connectivity index (χ2n) is 5.18. The second-order valence-corrected chi connectivity index (χ2v) is 5.18. The number of benzene rings is 2. The van der Waals surface area contributed by atoms with E-state index in [-0.39, 0.29) is 29.8 Å². The van der Waals surface area contributed by atoms with Gasteiger partial charge in [-0.25, -0.2) is 9.02 Å². The summed E-state index contributed by atoms with van der Waals surface area (Å²) in [4.78, 5) is 0. The molecule has 0 bridgehead atoms. The van der Waals surface area contributed by atoms with Crippen LogP contribution < -0.4 is 16.2 Å². The minimum atomic E-state index is -0.309. The number of nitrogens with two attached hydrogens (primary N) is 2. The van der Waals surface area contributed by atoms with Crippen molar-refractivity contribution in [3.63, 3.8) is 0 Å². The molecule has 8 nitrogen and oxygen atoms in total. The van der Waals surface area contributed by atoms with Gasteiger partial charge in [0.05, 0.1) is 6.21 Å². The SMILES string of the molecule is N/C(=N\N=C\c1cccc(OCc2ccccc2F)c1)c1nonc1N. The molecule has 0 spiro atoms. The summed E-state index contributed by atoms with van der Waals surface area (Å²) >= 11 is 0. The van der Waals surface area contributed by atoms with E-state index in [1.165, 1.54) is 12.3 Å². The van der Waals surface area contributed by atoms with Gasteiger partial charge < -0.3 is 16.2 Å². The molecule has 3 aromatic rings. The second kappa shape index (κ2) is 7.88. The summed E-state index contributed by atoms with van der Waals surface area (Å²) in [7, 11) is 0. The number of hydrogen-bond donors (Lipinski definition) is 2. The molecule has 3 rings (SSSR count). The maximum atomic E-state index is 13.6. The number of hydrogen-bond acceptors (Lipinski definition) is 7. The first kappa shape index (κ1) is 17.1. The summed E-state index contributed by atoms with van der Waals surface area (Å²) in [5, 5.41) is 14.6. The molecule has 1 aromatic heterocycles. The van der Waals surface area contributed by atoms with Gasteiger partial charge >= 0.3 is 0 Å². The van der Waals surface area contributed by atoms with Crippen molar-refractivity contribution >= 4 is 17.9 Å². The summed E-state index contributed by atoms with van der Waals surface area (Å²) in [5.74, 6) is 0.271. The Hall–Kier alpha value is -3.75. The van der Waals surface area contributed by atoms with Crippen LogP contribution in [-0.4, -0.2) is 22.4 Å². The molecule has 0 aliphatic rings. The number of aromatic nitrogens is 2. The third kappa shape index (κ3) is 4.20. The molecular weight excluding hydrogens is 339 g/mol. The maximum Gasteiger partial charge on any atom is 0.199 e. The summed E-state index contributed by atoms with van der Waals surface area (Å²) in [5.41, 5.74) is 12.5. The zero-order valence-corrected chi connectivity index (χ0v) is 13.5. The number of rotatable bonds is 6. The molecule has 0 fully saturated rings.